The summed E-state index contributed by atoms with van der Waals surface area (Å²) in [5, 5.41) is 0. The Morgan fingerprint density at radius 2 is 1.37 bits per heavy atom. The Kier molecular flexibility index (Phi) is 6.13. The molecule has 0 amide bonds. The molecule has 0 aromatic carbocycles. The molecule has 0 radical (unpaired) electrons. The predicted octanol–water partition coefficient (Wildman–Crippen LogP) is 6.24. The van der Waals surface area contributed by atoms with Crippen LogP contribution in [0.2, 0.25) is 0 Å². The van der Waals surface area contributed by atoms with E-state index in [0.29, 0.717) is 5.92 Å². The zero-order chi connectivity index (χ0) is 21.1. The van der Waals surface area contributed by atoms with Crippen LogP contribution in [-0.2, 0) is 0 Å². The second kappa shape index (κ2) is 8.95. The van der Waals surface area contributed by atoms with E-state index in [1.807, 2.05) is 24.3 Å². The van der Waals surface area contributed by atoms with Gasteiger partial charge in [0.25, 0.3) is 0 Å². The van der Waals surface area contributed by atoms with E-state index < -0.39 is 0 Å². The predicted molar refractivity (Wildman–Crippen MR) is 129 cm³/mol. The van der Waals surface area contributed by atoms with Crippen LogP contribution >= 0.6 is 0 Å². The maximum atomic E-state index is 3.95. The zero-order valence-electron chi connectivity index (χ0n) is 18.2. The number of allylic oxidation sites excluding steroid dienone is 9. The van der Waals surface area contributed by atoms with Gasteiger partial charge in [-0.15, -0.1) is 26.3 Å². The molecule has 0 heterocycles. The Hall–Kier alpha value is -2.74. The highest BCUT2D eigenvalue weighted by Gasteiger charge is 2.36. The van der Waals surface area contributed by atoms with Crippen molar-refractivity contribution in [2.75, 3.05) is 26.2 Å². The molecule has 0 aromatic rings. The summed E-state index contributed by atoms with van der Waals surface area (Å²) < 4.78 is 0. The minimum absolute atomic E-state index is 0.610. The molecule has 0 saturated carbocycles. The summed E-state index contributed by atoms with van der Waals surface area (Å²) in [7, 11) is 0. The van der Waals surface area contributed by atoms with E-state index in [-0.39, 0.29) is 0 Å². The van der Waals surface area contributed by atoms with Crippen LogP contribution in [0.4, 0.5) is 0 Å². The fourth-order valence-corrected chi connectivity index (χ4v) is 5.48. The second-order valence-electron chi connectivity index (χ2n) is 8.62. The maximum absolute atomic E-state index is 3.95. The lowest BCUT2D eigenvalue weighted by Crippen LogP contribution is -2.31. The van der Waals surface area contributed by atoms with Gasteiger partial charge in [0.1, 0.15) is 0 Å². The summed E-state index contributed by atoms with van der Waals surface area (Å²) in [6.07, 6.45) is 21.0. The Balaban J connectivity index is 1.72. The lowest BCUT2D eigenvalue weighted by Gasteiger charge is -2.42. The van der Waals surface area contributed by atoms with Crippen molar-refractivity contribution in [1.82, 2.24) is 9.80 Å². The molecule has 0 bridgehead atoms. The molecule has 0 saturated heterocycles. The average Bonchev–Trinajstić information content (AvgIpc) is 2.76. The molecule has 2 nitrogen and oxygen atoms in total. The Morgan fingerprint density at radius 3 is 2.00 bits per heavy atom. The first-order chi connectivity index (χ1) is 14.7. The Bertz CT molecular complexity index is 898. The molecular weight excluding hydrogens is 364 g/mol. The van der Waals surface area contributed by atoms with Gasteiger partial charge >= 0.3 is 0 Å². The van der Waals surface area contributed by atoms with E-state index in [4.69, 9.17) is 0 Å². The third-order valence-electron chi connectivity index (χ3n) is 6.70. The van der Waals surface area contributed by atoms with E-state index in [2.05, 4.69) is 54.3 Å². The van der Waals surface area contributed by atoms with Gasteiger partial charge in [-0.25, -0.2) is 0 Å². The topological polar surface area (TPSA) is 6.48 Å². The maximum Gasteiger partial charge on any atom is 0.0357 e. The van der Waals surface area contributed by atoms with Crippen molar-refractivity contribution in [3.05, 3.63) is 108 Å². The standard InChI is InChI=1S/C28H34N2/c1-5-13-29(14-6-2)25-17-21-9-11-23-19-26(30(15-7-3)16-8-4)20-24-12-10-22(18-25)27(21)28(23)24/h5-9,18,20,23H,1-4,10-17,19H2. The Labute approximate surface area is 182 Å². The highest BCUT2D eigenvalue weighted by Crippen LogP contribution is 2.51. The summed E-state index contributed by atoms with van der Waals surface area (Å²) >= 11 is 0. The first-order valence-corrected chi connectivity index (χ1v) is 11.2. The SMILES string of the molecule is C=CCN(CC=C)C1=CC2=C3C(=CCC4CC(N(CC=C)CC=C)=CC(=C34)CC2)C1. The van der Waals surface area contributed by atoms with Crippen LogP contribution in [0.25, 0.3) is 0 Å². The van der Waals surface area contributed by atoms with Crippen LogP contribution in [0.15, 0.2) is 108 Å². The number of hydrogen-bond acceptors (Lipinski definition) is 2. The minimum atomic E-state index is 0.610. The van der Waals surface area contributed by atoms with Gasteiger partial charge in [-0.1, -0.05) is 30.4 Å². The van der Waals surface area contributed by atoms with Crippen LogP contribution in [0.1, 0.15) is 32.1 Å². The van der Waals surface area contributed by atoms with Crippen molar-refractivity contribution in [2.24, 2.45) is 5.92 Å². The fraction of sp³-hybridized carbons (Fsp3) is 0.357. The number of nitrogens with zero attached hydrogens (tertiary/aromatic N) is 2. The normalized spacial score (nSPS) is 21.7. The van der Waals surface area contributed by atoms with Crippen molar-refractivity contribution in [3.63, 3.8) is 0 Å². The van der Waals surface area contributed by atoms with Gasteiger partial charge in [0.15, 0.2) is 0 Å². The second-order valence-corrected chi connectivity index (χ2v) is 8.62. The van der Waals surface area contributed by atoms with Gasteiger partial charge in [-0.05, 0) is 71.6 Å². The molecule has 0 fully saturated rings. The molecule has 1 atom stereocenters. The zero-order valence-corrected chi connectivity index (χ0v) is 18.2. The van der Waals surface area contributed by atoms with Crippen molar-refractivity contribution in [1.29, 1.82) is 0 Å². The van der Waals surface area contributed by atoms with Gasteiger partial charge in [0, 0.05) is 44.0 Å². The van der Waals surface area contributed by atoms with Gasteiger partial charge in [0.05, 0.1) is 0 Å². The van der Waals surface area contributed by atoms with E-state index in [1.54, 1.807) is 16.7 Å². The summed E-state index contributed by atoms with van der Waals surface area (Å²) in [5.41, 5.74) is 10.7. The first kappa shape index (κ1) is 20.5. The molecule has 0 N–H and O–H groups in total. The third-order valence-corrected chi connectivity index (χ3v) is 6.70. The van der Waals surface area contributed by atoms with E-state index in [0.717, 1.165) is 58.3 Å². The monoisotopic (exact) mass is 398 g/mol. The van der Waals surface area contributed by atoms with Crippen LogP contribution < -0.4 is 0 Å². The highest BCUT2D eigenvalue weighted by atomic mass is 15.1. The fourth-order valence-electron chi connectivity index (χ4n) is 5.48. The molecule has 2 heteroatoms. The largest absolute Gasteiger partial charge is 0.367 e. The Morgan fingerprint density at radius 1 is 0.800 bits per heavy atom. The van der Waals surface area contributed by atoms with Crippen molar-refractivity contribution in [2.45, 2.75) is 32.1 Å². The molecule has 4 aliphatic carbocycles. The van der Waals surface area contributed by atoms with E-state index in [9.17, 15) is 0 Å². The molecule has 156 valence electrons. The number of rotatable bonds is 10. The van der Waals surface area contributed by atoms with Gasteiger partial charge in [-0.3, -0.25) is 0 Å². The number of hydrogen-bond donors (Lipinski definition) is 0. The van der Waals surface area contributed by atoms with Crippen molar-refractivity contribution in [3.8, 4) is 0 Å². The quantitative estimate of drug-likeness (QED) is 0.402. The smallest absolute Gasteiger partial charge is 0.0357 e. The molecule has 1 unspecified atom stereocenters. The first-order valence-electron chi connectivity index (χ1n) is 11.2. The molecule has 0 spiro atoms. The summed E-state index contributed by atoms with van der Waals surface area (Å²) in [6.45, 7) is 19.3. The lowest BCUT2D eigenvalue weighted by atomic mass is 9.66. The summed E-state index contributed by atoms with van der Waals surface area (Å²) in [5.74, 6) is 0.610. The van der Waals surface area contributed by atoms with Crippen LogP contribution in [0, 0.1) is 5.92 Å². The summed E-state index contributed by atoms with van der Waals surface area (Å²) in [6, 6.07) is 0. The van der Waals surface area contributed by atoms with Crippen molar-refractivity contribution < 1.29 is 0 Å². The molecular formula is C28H34N2. The minimum Gasteiger partial charge on any atom is -0.367 e. The molecule has 0 aliphatic heterocycles. The van der Waals surface area contributed by atoms with Gasteiger partial charge in [0.2, 0.25) is 0 Å². The third kappa shape index (κ3) is 3.71. The molecule has 4 aliphatic rings. The molecule has 4 rings (SSSR count). The van der Waals surface area contributed by atoms with Gasteiger partial charge in [-0.2, -0.15) is 0 Å². The summed E-state index contributed by atoms with van der Waals surface area (Å²) in [4.78, 5) is 4.83. The van der Waals surface area contributed by atoms with Crippen LogP contribution in [0.3, 0.4) is 0 Å². The average molecular weight is 399 g/mol. The molecule has 0 aromatic heterocycles. The van der Waals surface area contributed by atoms with Gasteiger partial charge < -0.3 is 9.80 Å². The molecule has 30 heavy (non-hydrogen) atoms. The van der Waals surface area contributed by atoms with E-state index in [1.165, 1.54) is 22.5 Å². The lowest BCUT2D eigenvalue weighted by molar-refractivity contribution is 0.375. The van der Waals surface area contributed by atoms with Crippen LogP contribution in [-0.4, -0.2) is 36.0 Å². The van der Waals surface area contributed by atoms with Crippen molar-refractivity contribution >= 4 is 0 Å². The van der Waals surface area contributed by atoms with Crippen LogP contribution in [0.5, 0.6) is 0 Å². The highest BCUT2D eigenvalue weighted by molar-refractivity contribution is 5.65. The van der Waals surface area contributed by atoms with E-state index >= 15 is 0 Å².